The summed E-state index contributed by atoms with van der Waals surface area (Å²) in [5.41, 5.74) is 4.43. The molecule has 0 spiro atoms. The van der Waals surface area contributed by atoms with Crippen molar-refractivity contribution in [3.05, 3.63) is 47.8 Å². The van der Waals surface area contributed by atoms with Crippen LogP contribution in [0.5, 0.6) is 5.75 Å². The number of methoxy groups -OCH3 is 1. The summed E-state index contributed by atoms with van der Waals surface area (Å²) >= 11 is 0. The lowest BCUT2D eigenvalue weighted by Crippen LogP contribution is -2.40. The van der Waals surface area contributed by atoms with Crippen molar-refractivity contribution in [2.45, 2.75) is 38.5 Å². The van der Waals surface area contributed by atoms with Gasteiger partial charge in [0.15, 0.2) is 0 Å². The molecule has 2 heterocycles. The molecule has 1 aromatic heterocycles. The molecule has 4 heteroatoms. The van der Waals surface area contributed by atoms with Crippen molar-refractivity contribution >= 4 is 5.91 Å². The number of likely N-dealkylation sites (tertiary alicyclic amines) is 1. The summed E-state index contributed by atoms with van der Waals surface area (Å²) in [5, 5.41) is 0. The number of piperidine rings is 1. The van der Waals surface area contributed by atoms with E-state index in [1.807, 2.05) is 19.1 Å². The lowest BCUT2D eigenvalue weighted by atomic mass is 9.92. The lowest BCUT2D eigenvalue weighted by Gasteiger charge is -2.33. The van der Waals surface area contributed by atoms with Gasteiger partial charge < -0.3 is 9.64 Å². The standard InChI is InChI=1S/C22H26N2O2/c1-15-11-19(17-5-3-7-20(12-17)26-2)13-21(23-15)18-6-4-10-24(14-18)22(25)16-8-9-16/h3,5,7,11-13,16,18H,4,6,8-10,14H2,1-2H3/t18-/m0/s1. The van der Waals surface area contributed by atoms with Gasteiger partial charge >= 0.3 is 0 Å². The number of hydrogen-bond donors (Lipinski definition) is 0. The molecule has 1 aliphatic heterocycles. The van der Waals surface area contributed by atoms with Crippen molar-refractivity contribution in [1.82, 2.24) is 9.88 Å². The van der Waals surface area contributed by atoms with Gasteiger partial charge in [0, 0.05) is 36.3 Å². The summed E-state index contributed by atoms with van der Waals surface area (Å²) < 4.78 is 5.36. The number of nitrogens with zero attached hydrogens (tertiary/aromatic N) is 2. The zero-order valence-corrected chi connectivity index (χ0v) is 15.6. The zero-order valence-electron chi connectivity index (χ0n) is 15.6. The number of aryl methyl sites for hydroxylation is 1. The third-order valence-electron chi connectivity index (χ3n) is 5.45. The van der Waals surface area contributed by atoms with Crippen LogP contribution in [0.4, 0.5) is 0 Å². The van der Waals surface area contributed by atoms with Gasteiger partial charge in [0.2, 0.25) is 5.91 Å². The maximum atomic E-state index is 12.5. The first kappa shape index (κ1) is 17.1. The van der Waals surface area contributed by atoms with E-state index in [0.717, 1.165) is 67.0 Å². The first-order chi connectivity index (χ1) is 12.6. The van der Waals surface area contributed by atoms with Gasteiger partial charge in [-0.05, 0) is 68.0 Å². The molecule has 0 bridgehead atoms. The first-order valence-corrected chi connectivity index (χ1v) is 9.56. The molecule has 1 amide bonds. The number of benzene rings is 1. The largest absolute Gasteiger partial charge is 0.497 e. The van der Waals surface area contributed by atoms with Gasteiger partial charge in [-0.25, -0.2) is 0 Å². The highest BCUT2D eigenvalue weighted by atomic mass is 16.5. The summed E-state index contributed by atoms with van der Waals surface area (Å²) in [6.45, 7) is 3.76. The summed E-state index contributed by atoms with van der Waals surface area (Å²) in [5.74, 6) is 1.84. The van der Waals surface area contributed by atoms with Gasteiger partial charge in [0.25, 0.3) is 0 Å². The molecule has 0 unspecified atom stereocenters. The maximum Gasteiger partial charge on any atom is 0.225 e. The SMILES string of the molecule is COc1cccc(-c2cc(C)nc([C@H]3CCCN(C(=O)C4CC4)C3)c2)c1. The van der Waals surface area contributed by atoms with Crippen LogP contribution in [0.1, 0.15) is 43.0 Å². The molecule has 1 saturated carbocycles. The molecule has 2 aliphatic rings. The summed E-state index contributed by atoms with van der Waals surface area (Å²) in [6.07, 6.45) is 4.31. The van der Waals surface area contributed by atoms with Gasteiger partial charge in [0.05, 0.1) is 7.11 Å². The molecule has 1 atom stereocenters. The van der Waals surface area contributed by atoms with Gasteiger partial charge in [-0.15, -0.1) is 0 Å². The Kier molecular flexibility index (Phi) is 4.66. The smallest absolute Gasteiger partial charge is 0.225 e. The highest BCUT2D eigenvalue weighted by Crippen LogP contribution is 2.35. The number of carbonyl (C=O) groups excluding carboxylic acids is 1. The van der Waals surface area contributed by atoms with Crippen molar-refractivity contribution in [3.8, 4) is 16.9 Å². The van der Waals surface area contributed by atoms with Crippen LogP contribution in [0.25, 0.3) is 11.1 Å². The summed E-state index contributed by atoms with van der Waals surface area (Å²) in [4.78, 5) is 19.3. The average Bonchev–Trinajstić information content (AvgIpc) is 3.52. The van der Waals surface area contributed by atoms with Crippen LogP contribution in [0.2, 0.25) is 0 Å². The van der Waals surface area contributed by atoms with Gasteiger partial charge in [0.1, 0.15) is 5.75 Å². The van der Waals surface area contributed by atoms with E-state index in [0.29, 0.717) is 17.7 Å². The molecule has 2 fully saturated rings. The van der Waals surface area contributed by atoms with Crippen molar-refractivity contribution < 1.29 is 9.53 Å². The minimum absolute atomic E-state index is 0.298. The molecule has 4 nitrogen and oxygen atoms in total. The van der Waals surface area contributed by atoms with E-state index in [1.54, 1.807) is 7.11 Å². The van der Waals surface area contributed by atoms with E-state index in [1.165, 1.54) is 0 Å². The van der Waals surface area contributed by atoms with E-state index in [-0.39, 0.29) is 0 Å². The molecule has 136 valence electrons. The van der Waals surface area contributed by atoms with E-state index < -0.39 is 0 Å². The van der Waals surface area contributed by atoms with Crippen molar-refractivity contribution in [2.75, 3.05) is 20.2 Å². The lowest BCUT2D eigenvalue weighted by molar-refractivity contribution is -0.133. The fourth-order valence-corrected chi connectivity index (χ4v) is 3.88. The van der Waals surface area contributed by atoms with E-state index in [2.05, 4.69) is 29.2 Å². The molecule has 1 aromatic carbocycles. The number of amides is 1. The van der Waals surface area contributed by atoms with E-state index >= 15 is 0 Å². The van der Waals surface area contributed by atoms with Crippen LogP contribution in [-0.4, -0.2) is 36.0 Å². The molecule has 26 heavy (non-hydrogen) atoms. The fourth-order valence-electron chi connectivity index (χ4n) is 3.88. The second kappa shape index (κ2) is 7.10. The number of carbonyl (C=O) groups is 1. The Balaban J connectivity index is 1.60. The van der Waals surface area contributed by atoms with Crippen LogP contribution < -0.4 is 4.74 Å². The predicted molar refractivity (Wildman–Crippen MR) is 102 cm³/mol. The molecule has 1 aliphatic carbocycles. The highest BCUT2D eigenvalue weighted by Gasteiger charge is 2.35. The Hall–Kier alpha value is -2.36. The third-order valence-corrected chi connectivity index (χ3v) is 5.45. The quantitative estimate of drug-likeness (QED) is 0.831. The van der Waals surface area contributed by atoms with E-state index in [9.17, 15) is 4.79 Å². The fraction of sp³-hybridized carbons (Fsp3) is 0.455. The maximum absolute atomic E-state index is 12.5. The molecular formula is C22H26N2O2. The average molecular weight is 350 g/mol. The summed E-state index contributed by atoms with van der Waals surface area (Å²) in [7, 11) is 1.69. The normalized spacial score (nSPS) is 20.1. The predicted octanol–water partition coefficient (Wildman–Crippen LogP) is 4.18. The monoisotopic (exact) mass is 350 g/mol. The Morgan fingerprint density at radius 3 is 2.77 bits per heavy atom. The Morgan fingerprint density at radius 1 is 1.15 bits per heavy atom. The van der Waals surface area contributed by atoms with Crippen molar-refractivity contribution in [2.24, 2.45) is 5.92 Å². The molecule has 0 radical (unpaired) electrons. The molecule has 0 N–H and O–H groups in total. The Bertz CT molecular complexity index is 814. The third kappa shape index (κ3) is 3.59. The number of hydrogen-bond acceptors (Lipinski definition) is 3. The second-order valence-electron chi connectivity index (χ2n) is 7.55. The number of ether oxygens (including phenoxy) is 1. The summed E-state index contributed by atoms with van der Waals surface area (Å²) in [6, 6.07) is 12.4. The second-order valence-corrected chi connectivity index (χ2v) is 7.55. The van der Waals surface area contributed by atoms with Crippen LogP contribution >= 0.6 is 0 Å². The molecule has 4 rings (SSSR count). The molecular weight excluding hydrogens is 324 g/mol. The Labute approximate surface area is 155 Å². The van der Waals surface area contributed by atoms with Crippen molar-refractivity contribution in [1.29, 1.82) is 0 Å². The van der Waals surface area contributed by atoms with Crippen LogP contribution in [-0.2, 0) is 4.79 Å². The van der Waals surface area contributed by atoms with E-state index in [4.69, 9.17) is 9.72 Å². The van der Waals surface area contributed by atoms with Gasteiger partial charge in [-0.3, -0.25) is 9.78 Å². The zero-order chi connectivity index (χ0) is 18.1. The number of pyridine rings is 1. The molecule has 2 aromatic rings. The number of rotatable bonds is 4. The minimum Gasteiger partial charge on any atom is -0.497 e. The topological polar surface area (TPSA) is 42.4 Å². The highest BCUT2D eigenvalue weighted by molar-refractivity contribution is 5.81. The first-order valence-electron chi connectivity index (χ1n) is 9.56. The number of aromatic nitrogens is 1. The van der Waals surface area contributed by atoms with Crippen molar-refractivity contribution in [3.63, 3.8) is 0 Å². The van der Waals surface area contributed by atoms with Crippen LogP contribution in [0.3, 0.4) is 0 Å². The van der Waals surface area contributed by atoms with Gasteiger partial charge in [-0.2, -0.15) is 0 Å². The molecule has 1 saturated heterocycles. The minimum atomic E-state index is 0.298. The van der Waals surface area contributed by atoms with Gasteiger partial charge in [-0.1, -0.05) is 12.1 Å². The Morgan fingerprint density at radius 2 is 2.00 bits per heavy atom. The van der Waals surface area contributed by atoms with Crippen LogP contribution in [0.15, 0.2) is 36.4 Å². The van der Waals surface area contributed by atoms with Crippen LogP contribution in [0, 0.1) is 12.8 Å².